The molecule has 2 heterocycles. The number of aromatic nitrogens is 3. The molecule has 1 aliphatic heterocycles. The maximum atomic E-state index is 13.3. The summed E-state index contributed by atoms with van der Waals surface area (Å²) in [5, 5.41) is 8.18. The SMILES string of the molecule is COc1ccc(-c2nnc(S[C@@H]3CCOC3=O)n2-c2cccc(C(F)(F)F)c2)cc1. The van der Waals surface area contributed by atoms with Gasteiger partial charge in [0, 0.05) is 12.0 Å². The van der Waals surface area contributed by atoms with E-state index in [2.05, 4.69) is 10.2 Å². The second kappa shape index (κ2) is 8.02. The topological polar surface area (TPSA) is 66.2 Å². The van der Waals surface area contributed by atoms with Crippen LogP contribution in [0.25, 0.3) is 17.1 Å². The molecular formula is C20H16F3N3O3S. The first-order valence-corrected chi connectivity index (χ1v) is 9.85. The predicted octanol–water partition coefficient (Wildman–Crippen LogP) is 4.37. The van der Waals surface area contributed by atoms with Gasteiger partial charge in [0.05, 0.1) is 25.0 Å². The summed E-state index contributed by atoms with van der Waals surface area (Å²) in [7, 11) is 1.54. The van der Waals surface area contributed by atoms with Gasteiger partial charge in [0.1, 0.15) is 11.0 Å². The zero-order chi connectivity index (χ0) is 21.3. The largest absolute Gasteiger partial charge is 0.497 e. The Morgan fingerprint density at radius 2 is 1.93 bits per heavy atom. The number of methoxy groups -OCH3 is 1. The molecule has 0 aliphatic carbocycles. The summed E-state index contributed by atoms with van der Waals surface area (Å²) in [6.07, 6.45) is -4.00. The molecule has 0 bridgehead atoms. The number of carbonyl (C=O) groups is 1. The molecule has 6 nitrogen and oxygen atoms in total. The van der Waals surface area contributed by atoms with Crippen molar-refractivity contribution in [3.05, 3.63) is 54.1 Å². The number of carbonyl (C=O) groups excluding carboxylic acids is 1. The van der Waals surface area contributed by atoms with E-state index in [1.807, 2.05) is 0 Å². The normalized spacial score (nSPS) is 16.5. The monoisotopic (exact) mass is 435 g/mol. The first kappa shape index (κ1) is 20.3. The summed E-state index contributed by atoms with van der Waals surface area (Å²) in [6, 6.07) is 11.8. The maximum Gasteiger partial charge on any atom is 0.416 e. The van der Waals surface area contributed by atoms with Gasteiger partial charge in [-0.25, -0.2) is 0 Å². The summed E-state index contributed by atoms with van der Waals surface area (Å²) in [5.74, 6) is 0.614. The van der Waals surface area contributed by atoms with Gasteiger partial charge < -0.3 is 9.47 Å². The van der Waals surface area contributed by atoms with Crippen LogP contribution in [-0.4, -0.2) is 39.7 Å². The van der Waals surface area contributed by atoms with Gasteiger partial charge in [0.25, 0.3) is 0 Å². The van der Waals surface area contributed by atoms with E-state index in [-0.39, 0.29) is 11.7 Å². The molecule has 1 aromatic heterocycles. The lowest BCUT2D eigenvalue weighted by molar-refractivity contribution is -0.138. The highest BCUT2D eigenvalue weighted by Crippen LogP contribution is 2.36. The van der Waals surface area contributed by atoms with Crippen molar-refractivity contribution >= 4 is 17.7 Å². The molecule has 0 unspecified atom stereocenters. The summed E-state index contributed by atoms with van der Waals surface area (Å²) >= 11 is 1.13. The van der Waals surface area contributed by atoms with Crippen LogP contribution in [0.2, 0.25) is 0 Å². The molecule has 2 aromatic carbocycles. The third kappa shape index (κ3) is 4.00. The molecule has 1 aliphatic rings. The van der Waals surface area contributed by atoms with E-state index in [0.717, 1.165) is 23.9 Å². The number of hydrogen-bond donors (Lipinski definition) is 0. The van der Waals surface area contributed by atoms with Crippen molar-refractivity contribution < 1.29 is 27.4 Å². The number of halogens is 3. The molecule has 0 saturated carbocycles. The Morgan fingerprint density at radius 3 is 2.57 bits per heavy atom. The molecule has 30 heavy (non-hydrogen) atoms. The lowest BCUT2D eigenvalue weighted by Crippen LogP contribution is -2.12. The van der Waals surface area contributed by atoms with E-state index in [4.69, 9.17) is 9.47 Å². The van der Waals surface area contributed by atoms with Crippen LogP contribution in [0, 0.1) is 0 Å². The molecule has 0 amide bonds. The van der Waals surface area contributed by atoms with Gasteiger partial charge >= 0.3 is 12.1 Å². The lowest BCUT2D eigenvalue weighted by Gasteiger charge is -2.14. The molecule has 10 heteroatoms. The van der Waals surface area contributed by atoms with Gasteiger partial charge in [-0.1, -0.05) is 17.8 Å². The molecule has 3 aromatic rings. The van der Waals surface area contributed by atoms with E-state index >= 15 is 0 Å². The predicted molar refractivity (Wildman–Crippen MR) is 104 cm³/mol. The van der Waals surface area contributed by atoms with E-state index in [0.29, 0.717) is 35.3 Å². The van der Waals surface area contributed by atoms with E-state index in [9.17, 15) is 18.0 Å². The Bertz CT molecular complexity index is 1070. The number of hydrogen-bond acceptors (Lipinski definition) is 6. The fourth-order valence-corrected chi connectivity index (χ4v) is 4.06. The third-order valence-electron chi connectivity index (χ3n) is 4.55. The molecule has 0 N–H and O–H groups in total. The Morgan fingerprint density at radius 1 is 1.17 bits per heavy atom. The van der Waals surface area contributed by atoms with Crippen molar-refractivity contribution in [3.63, 3.8) is 0 Å². The fourth-order valence-electron chi connectivity index (χ4n) is 3.04. The van der Waals surface area contributed by atoms with Gasteiger partial charge in [-0.15, -0.1) is 10.2 Å². The van der Waals surface area contributed by atoms with Crippen LogP contribution in [0.15, 0.2) is 53.7 Å². The number of ether oxygens (including phenoxy) is 2. The van der Waals surface area contributed by atoms with Crippen LogP contribution in [-0.2, 0) is 15.7 Å². The number of esters is 1. The van der Waals surface area contributed by atoms with Crippen molar-refractivity contribution in [2.24, 2.45) is 0 Å². The summed E-state index contributed by atoms with van der Waals surface area (Å²) in [6.45, 7) is 0.305. The van der Waals surface area contributed by atoms with Crippen LogP contribution in [0.5, 0.6) is 5.75 Å². The minimum absolute atomic E-state index is 0.245. The second-order valence-corrected chi connectivity index (χ2v) is 7.65. The summed E-state index contributed by atoms with van der Waals surface area (Å²) < 4.78 is 51.5. The Hall–Kier alpha value is -3.01. The minimum atomic E-state index is -4.49. The number of rotatable bonds is 5. The standard InChI is InChI=1S/C20H16F3N3O3S/c1-28-15-7-5-12(6-8-15)17-24-25-19(30-16-9-10-29-18(16)27)26(17)14-4-2-3-13(11-14)20(21,22)23/h2-8,11,16H,9-10H2,1H3/t16-/m1/s1. The quantitative estimate of drug-likeness (QED) is 0.555. The van der Waals surface area contributed by atoms with Crippen LogP contribution in [0.1, 0.15) is 12.0 Å². The molecule has 1 atom stereocenters. The highest BCUT2D eigenvalue weighted by atomic mass is 32.2. The Kier molecular flexibility index (Phi) is 5.42. The number of nitrogens with zero attached hydrogens (tertiary/aromatic N) is 3. The molecule has 0 spiro atoms. The van der Waals surface area contributed by atoms with Gasteiger partial charge in [-0.05, 0) is 42.5 Å². The average Bonchev–Trinajstić information content (AvgIpc) is 3.34. The Balaban J connectivity index is 1.82. The number of alkyl halides is 3. The van der Waals surface area contributed by atoms with Gasteiger partial charge in [0.15, 0.2) is 11.0 Å². The lowest BCUT2D eigenvalue weighted by atomic mass is 10.1. The number of thioether (sulfide) groups is 1. The van der Waals surface area contributed by atoms with E-state index in [1.54, 1.807) is 30.3 Å². The molecular weight excluding hydrogens is 419 g/mol. The van der Waals surface area contributed by atoms with Crippen LogP contribution >= 0.6 is 11.8 Å². The first-order chi connectivity index (χ1) is 14.4. The third-order valence-corrected chi connectivity index (χ3v) is 5.74. The zero-order valence-corrected chi connectivity index (χ0v) is 16.5. The fraction of sp³-hybridized carbons (Fsp3) is 0.250. The summed E-state index contributed by atoms with van der Waals surface area (Å²) in [5.41, 5.74) is 0.0988. The van der Waals surface area contributed by atoms with Gasteiger partial charge in [-0.2, -0.15) is 13.2 Å². The molecule has 156 valence electrons. The van der Waals surface area contributed by atoms with E-state index in [1.165, 1.54) is 17.7 Å². The zero-order valence-electron chi connectivity index (χ0n) is 15.7. The van der Waals surface area contributed by atoms with Crippen molar-refractivity contribution in [2.75, 3.05) is 13.7 Å². The van der Waals surface area contributed by atoms with Crippen molar-refractivity contribution in [1.29, 1.82) is 0 Å². The summed E-state index contributed by atoms with van der Waals surface area (Å²) in [4.78, 5) is 11.9. The Labute approximate surface area is 174 Å². The minimum Gasteiger partial charge on any atom is -0.497 e. The highest BCUT2D eigenvalue weighted by molar-refractivity contribution is 8.00. The van der Waals surface area contributed by atoms with Crippen LogP contribution in [0.3, 0.4) is 0 Å². The van der Waals surface area contributed by atoms with Gasteiger partial charge in [0.2, 0.25) is 0 Å². The number of cyclic esters (lactones) is 1. The molecule has 4 rings (SSSR count). The molecule has 0 radical (unpaired) electrons. The van der Waals surface area contributed by atoms with Crippen molar-refractivity contribution in [3.8, 4) is 22.8 Å². The van der Waals surface area contributed by atoms with Crippen LogP contribution in [0.4, 0.5) is 13.2 Å². The number of benzene rings is 2. The molecule has 1 fully saturated rings. The van der Waals surface area contributed by atoms with Gasteiger partial charge in [-0.3, -0.25) is 9.36 Å². The van der Waals surface area contributed by atoms with Crippen LogP contribution < -0.4 is 4.74 Å². The first-order valence-electron chi connectivity index (χ1n) is 8.97. The van der Waals surface area contributed by atoms with Crippen molar-refractivity contribution in [2.45, 2.75) is 23.0 Å². The highest BCUT2D eigenvalue weighted by Gasteiger charge is 2.33. The van der Waals surface area contributed by atoms with Crippen molar-refractivity contribution in [1.82, 2.24) is 14.8 Å². The smallest absolute Gasteiger partial charge is 0.416 e. The molecule has 1 saturated heterocycles. The average molecular weight is 435 g/mol. The maximum absolute atomic E-state index is 13.3. The van der Waals surface area contributed by atoms with E-state index < -0.39 is 17.0 Å². The second-order valence-electron chi connectivity index (χ2n) is 6.48.